The topological polar surface area (TPSA) is 66.3 Å². The molecular formula is C52H35N7. The first-order chi connectivity index (χ1) is 29.3. The van der Waals surface area contributed by atoms with E-state index in [-0.39, 0.29) is 0 Å². The number of pyridine rings is 3. The summed E-state index contributed by atoms with van der Waals surface area (Å²) < 4.78 is 6.81. The van der Waals surface area contributed by atoms with Crippen molar-refractivity contribution in [2.75, 3.05) is 0 Å². The number of allylic oxidation sites excluding steroid dienone is 1. The number of fused-ring (bicyclic) bond motifs is 7. The lowest BCUT2D eigenvalue weighted by molar-refractivity contribution is 0.872. The minimum atomic E-state index is 0.730. The van der Waals surface area contributed by atoms with E-state index in [1.54, 1.807) is 0 Å². The van der Waals surface area contributed by atoms with E-state index in [4.69, 9.17) is 19.9 Å². The summed E-state index contributed by atoms with van der Waals surface area (Å²) in [5, 5.41) is 3.62. The summed E-state index contributed by atoms with van der Waals surface area (Å²) >= 11 is 0. The lowest BCUT2D eigenvalue weighted by Crippen LogP contribution is -2.06. The lowest BCUT2D eigenvalue weighted by atomic mass is 10.0. The first kappa shape index (κ1) is 33.3. The van der Waals surface area contributed by atoms with Crippen LogP contribution in [-0.2, 0) is 6.42 Å². The molecule has 278 valence electrons. The Kier molecular flexibility index (Phi) is 7.53. The predicted octanol–water partition coefficient (Wildman–Crippen LogP) is 12.2. The zero-order valence-corrected chi connectivity index (χ0v) is 31.9. The van der Waals surface area contributed by atoms with Crippen LogP contribution in [0.2, 0.25) is 0 Å². The van der Waals surface area contributed by atoms with E-state index in [9.17, 15) is 0 Å². The molecule has 7 nitrogen and oxygen atoms in total. The van der Waals surface area contributed by atoms with Gasteiger partial charge in [-0.2, -0.15) is 0 Å². The molecule has 5 aromatic carbocycles. The molecule has 0 radical (unpaired) electrons. The molecule has 12 rings (SSSR count). The van der Waals surface area contributed by atoms with E-state index in [1.807, 2.05) is 18.2 Å². The molecule has 6 aromatic heterocycles. The van der Waals surface area contributed by atoms with E-state index in [0.29, 0.717) is 0 Å². The highest BCUT2D eigenvalue weighted by atomic mass is 15.1. The summed E-state index contributed by atoms with van der Waals surface area (Å²) in [6, 6.07) is 61.1. The third kappa shape index (κ3) is 5.36. The van der Waals surface area contributed by atoms with Gasteiger partial charge >= 0.3 is 0 Å². The molecule has 0 amide bonds. The van der Waals surface area contributed by atoms with Crippen molar-refractivity contribution in [1.29, 1.82) is 0 Å². The van der Waals surface area contributed by atoms with Crippen LogP contribution in [0.4, 0.5) is 0 Å². The highest BCUT2D eigenvalue weighted by Crippen LogP contribution is 2.37. The Balaban J connectivity index is 1.09. The molecule has 11 aromatic rings. The van der Waals surface area contributed by atoms with E-state index in [0.717, 1.165) is 91.9 Å². The maximum Gasteiger partial charge on any atom is 0.145 e. The molecule has 7 heteroatoms. The van der Waals surface area contributed by atoms with Crippen molar-refractivity contribution < 1.29 is 0 Å². The summed E-state index contributed by atoms with van der Waals surface area (Å²) in [5.41, 5.74) is 12.8. The van der Waals surface area contributed by atoms with Crippen molar-refractivity contribution >= 4 is 49.8 Å². The molecule has 0 unspecified atom stereocenters. The fraction of sp³-hybridized carbons (Fsp3) is 0.0385. The Morgan fingerprint density at radius 2 is 0.966 bits per heavy atom. The molecule has 0 saturated heterocycles. The maximum atomic E-state index is 5.39. The number of aromatic nitrogens is 7. The number of hydrogen-bond acceptors (Lipinski definition) is 4. The van der Waals surface area contributed by atoms with E-state index in [1.165, 1.54) is 27.4 Å². The third-order valence-electron chi connectivity index (χ3n) is 11.5. The SMILES string of the molecule is C1=Cc2c(n(-c3cccc(-c4cc(-c5nc6ccccc6n5-c5ccccc5)cc(-c5cccc(-n6c7ccccc7c7ccccc76)n5)n4)n3)c3ccccc23)CC1. The van der Waals surface area contributed by atoms with Crippen LogP contribution in [0.15, 0.2) is 182 Å². The minimum absolute atomic E-state index is 0.730. The van der Waals surface area contributed by atoms with Crippen molar-refractivity contribution in [1.82, 2.24) is 33.6 Å². The van der Waals surface area contributed by atoms with Crippen LogP contribution >= 0.6 is 0 Å². The normalized spacial score (nSPS) is 12.5. The Labute approximate surface area is 339 Å². The van der Waals surface area contributed by atoms with Crippen molar-refractivity contribution in [3.8, 4) is 51.5 Å². The highest BCUT2D eigenvalue weighted by molar-refractivity contribution is 6.09. The average Bonchev–Trinajstić information content (AvgIpc) is 3.98. The van der Waals surface area contributed by atoms with Crippen molar-refractivity contribution in [3.05, 3.63) is 193 Å². The summed E-state index contributed by atoms with van der Waals surface area (Å²) in [6.45, 7) is 0. The van der Waals surface area contributed by atoms with Crippen molar-refractivity contribution in [3.63, 3.8) is 0 Å². The minimum Gasteiger partial charge on any atom is -0.298 e. The zero-order valence-electron chi connectivity index (χ0n) is 31.9. The Morgan fingerprint density at radius 1 is 0.407 bits per heavy atom. The third-order valence-corrected chi connectivity index (χ3v) is 11.5. The van der Waals surface area contributed by atoms with Crippen molar-refractivity contribution in [2.45, 2.75) is 12.8 Å². The largest absolute Gasteiger partial charge is 0.298 e. The van der Waals surface area contributed by atoms with Crippen LogP contribution in [0.1, 0.15) is 17.7 Å². The Hall–Kier alpha value is -7.90. The van der Waals surface area contributed by atoms with E-state index >= 15 is 0 Å². The van der Waals surface area contributed by atoms with Gasteiger partial charge in [0.2, 0.25) is 0 Å². The Morgan fingerprint density at radius 3 is 1.64 bits per heavy atom. The van der Waals surface area contributed by atoms with Gasteiger partial charge in [-0.3, -0.25) is 13.7 Å². The van der Waals surface area contributed by atoms with Crippen LogP contribution in [0.25, 0.3) is 101 Å². The van der Waals surface area contributed by atoms with Gasteiger partial charge in [-0.15, -0.1) is 0 Å². The van der Waals surface area contributed by atoms with Crippen LogP contribution in [0.3, 0.4) is 0 Å². The van der Waals surface area contributed by atoms with Gasteiger partial charge in [0.25, 0.3) is 0 Å². The summed E-state index contributed by atoms with van der Waals surface area (Å²) in [7, 11) is 0. The van der Waals surface area contributed by atoms with Gasteiger partial charge in [0.15, 0.2) is 0 Å². The Bertz CT molecular complexity index is 3400. The molecule has 1 aliphatic carbocycles. The second kappa shape index (κ2) is 13.4. The fourth-order valence-corrected chi connectivity index (χ4v) is 8.96. The smallest absolute Gasteiger partial charge is 0.145 e. The molecule has 59 heavy (non-hydrogen) atoms. The van der Waals surface area contributed by atoms with Gasteiger partial charge < -0.3 is 0 Å². The highest BCUT2D eigenvalue weighted by Gasteiger charge is 2.22. The number of para-hydroxylation sites is 6. The standard InChI is InChI=1S/C52H35N7/c1-2-16-35(17-3-1)57-49-29-13-8-22-42(49)56-52(57)34-32-43(40-23-14-30-50(54-40)58-45-25-9-4-18-36(45)37-19-5-10-26-46(37)58)53-44(33-34)41-24-15-31-51(55-41)59-47-27-11-6-20-38(47)39-21-7-12-28-48(39)59/h1-11,13-27,29-33H,12,28H2. The monoisotopic (exact) mass is 757 g/mol. The molecular weight excluding hydrogens is 723 g/mol. The molecule has 0 spiro atoms. The molecule has 0 aliphatic heterocycles. The number of hydrogen-bond donors (Lipinski definition) is 0. The number of imidazole rings is 1. The van der Waals surface area contributed by atoms with Gasteiger partial charge in [-0.1, -0.05) is 109 Å². The summed E-state index contributed by atoms with van der Waals surface area (Å²) in [5.74, 6) is 2.50. The second-order valence-corrected chi connectivity index (χ2v) is 15.0. The quantitative estimate of drug-likeness (QED) is 0.169. The molecule has 0 atom stereocenters. The molecule has 6 heterocycles. The molecule has 1 aliphatic rings. The van der Waals surface area contributed by atoms with E-state index in [2.05, 4.69) is 184 Å². The second-order valence-electron chi connectivity index (χ2n) is 15.0. The van der Waals surface area contributed by atoms with Crippen LogP contribution in [-0.4, -0.2) is 33.6 Å². The zero-order chi connectivity index (χ0) is 38.9. The number of benzene rings is 5. The van der Waals surface area contributed by atoms with Gasteiger partial charge in [0.1, 0.15) is 17.5 Å². The molecule has 0 N–H and O–H groups in total. The van der Waals surface area contributed by atoms with Gasteiger partial charge in [0.05, 0.1) is 50.4 Å². The predicted molar refractivity (Wildman–Crippen MR) is 239 cm³/mol. The molecule has 0 fully saturated rings. The molecule has 0 saturated carbocycles. The van der Waals surface area contributed by atoms with Gasteiger partial charge in [0, 0.05) is 38.7 Å². The molecule has 0 bridgehead atoms. The van der Waals surface area contributed by atoms with E-state index < -0.39 is 0 Å². The van der Waals surface area contributed by atoms with Crippen LogP contribution in [0.5, 0.6) is 0 Å². The van der Waals surface area contributed by atoms with Crippen LogP contribution < -0.4 is 0 Å². The summed E-state index contributed by atoms with van der Waals surface area (Å²) in [4.78, 5) is 21.4. The number of rotatable bonds is 6. The lowest BCUT2D eigenvalue weighted by Gasteiger charge is -2.15. The van der Waals surface area contributed by atoms with Gasteiger partial charge in [-0.25, -0.2) is 19.9 Å². The maximum absolute atomic E-state index is 5.39. The summed E-state index contributed by atoms with van der Waals surface area (Å²) in [6.07, 6.45) is 6.48. The first-order valence-corrected chi connectivity index (χ1v) is 20.0. The van der Waals surface area contributed by atoms with Gasteiger partial charge in [-0.05, 0) is 91.7 Å². The van der Waals surface area contributed by atoms with Crippen LogP contribution in [0, 0.1) is 0 Å². The first-order valence-electron chi connectivity index (χ1n) is 20.0. The number of nitrogens with zero attached hydrogens (tertiary/aromatic N) is 7. The average molecular weight is 758 g/mol. The van der Waals surface area contributed by atoms with Crippen molar-refractivity contribution in [2.24, 2.45) is 0 Å². The fourth-order valence-electron chi connectivity index (χ4n) is 8.96.